The Kier molecular flexibility index (Phi) is 4.20. The maximum atomic E-state index is 12.4. The largest absolute Gasteiger partial charge is 0.433 e. The van der Waals surface area contributed by atoms with E-state index < -0.39 is 44.6 Å². The zero-order valence-electron chi connectivity index (χ0n) is 10.8. The number of carbonyl (C=O) groups is 2. The van der Waals surface area contributed by atoms with Crippen LogP contribution in [0.25, 0.3) is 0 Å². The quantitative estimate of drug-likeness (QED) is 0.766. The fourth-order valence-electron chi connectivity index (χ4n) is 1.77. The van der Waals surface area contributed by atoms with Crippen molar-refractivity contribution in [2.45, 2.75) is 30.0 Å². The molecule has 2 N–H and O–H groups in total. The lowest BCUT2D eigenvalue weighted by Crippen LogP contribution is -2.52. The molecule has 120 valence electrons. The second-order valence-electron chi connectivity index (χ2n) is 4.50. The van der Waals surface area contributed by atoms with Gasteiger partial charge in [-0.2, -0.15) is 17.9 Å². The summed E-state index contributed by atoms with van der Waals surface area (Å²) in [6.07, 6.45) is -4.20. The number of imide groups is 1. The molecule has 0 spiro atoms. The number of nitrogens with zero attached hydrogens (tertiary/aromatic N) is 1. The average molecular weight is 337 g/mol. The number of nitrogens with one attached hydrogen (secondary N) is 2. The highest BCUT2D eigenvalue weighted by Crippen LogP contribution is 2.27. The third kappa shape index (κ3) is 3.60. The molecule has 0 saturated carbocycles. The van der Waals surface area contributed by atoms with Crippen LogP contribution in [0.5, 0.6) is 0 Å². The zero-order valence-corrected chi connectivity index (χ0v) is 11.7. The first-order valence-corrected chi connectivity index (χ1v) is 7.47. The van der Waals surface area contributed by atoms with Crippen molar-refractivity contribution in [1.29, 1.82) is 0 Å². The van der Waals surface area contributed by atoms with Crippen LogP contribution in [-0.4, -0.2) is 31.3 Å². The van der Waals surface area contributed by atoms with Crippen LogP contribution in [0.15, 0.2) is 23.2 Å². The molecule has 0 aliphatic carbocycles. The smallest absolute Gasteiger partial charge is 0.295 e. The third-order valence-electron chi connectivity index (χ3n) is 2.87. The summed E-state index contributed by atoms with van der Waals surface area (Å²) in [4.78, 5) is 25.0. The zero-order chi connectivity index (χ0) is 16.5. The Bertz CT molecular complexity index is 700. The Morgan fingerprint density at radius 2 is 1.95 bits per heavy atom. The number of hydrogen-bond acceptors (Lipinski definition) is 5. The van der Waals surface area contributed by atoms with Crippen molar-refractivity contribution in [1.82, 2.24) is 15.0 Å². The van der Waals surface area contributed by atoms with Crippen LogP contribution in [0.1, 0.15) is 18.5 Å². The summed E-state index contributed by atoms with van der Waals surface area (Å²) >= 11 is 0. The van der Waals surface area contributed by atoms with Crippen LogP contribution in [0.3, 0.4) is 0 Å². The van der Waals surface area contributed by atoms with Gasteiger partial charge in [0.25, 0.3) is 0 Å². The summed E-state index contributed by atoms with van der Waals surface area (Å²) in [5.74, 6) is -1.32. The summed E-state index contributed by atoms with van der Waals surface area (Å²) in [6.45, 7) is 0. The van der Waals surface area contributed by atoms with Gasteiger partial charge in [-0.1, -0.05) is 0 Å². The molecule has 2 rings (SSSR count). The van der Waals surface area contributed by atoms with Gasteiger partial charge in [-0.15, -0.1) is 0 Å². The third-order valence-corrected chi connectivity index (χ3v) is 4.33. The number of piperidine rings is 1. The summed E-state index contributed by atoms with van der Waals surface area (Å²) in [7, 11) is -4.22. The second kappa shape index (κ2) is 5.65. The number of sulfonamides is 1. The molecule has 1 atom stereocenters. The van der Waals surface area contributed by atoms with Gasteiger partial charge in [-0.05, 0) is 18.6 Å². The molecule has 11 heteroatoms. The van der Waals surface area contributed by atoms with Crippen LogP contribution in [0.2, 0.25) is 0 Å². The summed E-state index contributed by atoms with van der Waals surface area (Å²) in [5, 5.41) is 1.96. The van der Waals surface area contributed by atoms with Crippen LogP contribution in [0, 0.1) is 0 Å². The van der Waals surface area contributed by atoms with E-state index in [1.54, 1.807) is 0 Å². The van der Waals surface area contributed by atoms with Crippen LogP contribution in [0.4, 0.5) is 13.2 Å². The van der Waals surface area contributed by atoms with E-state index in [0.717, 1.165) is 6.07 Å². The van der Waals surface area contributed by atoms with Crippen molar-refractivity contribution in [3.8, 4) is 0 Å². The van der Waals surface area contributed by atoms with Gasteiger partial charge in [0.1, 0.15) is 16.6 Å². The molecular weight excluding hydrogens is 327 g/mol. The van der Waals surface area contributed by atoms with Gasteiger partial charge in [0.05, 0.1) is 0 Å². The normalized spacial score (nSPS) is 19.9. The average Bonchev–Trinajstić information content (AvgIpc) is 2.41. The molecule has 1 saturated heterocycles. The Balaban J connectivity index is 2.17. The Morgan fingerprint density at radius 3 is 2.45 bits per heavy atom. The standard InChI is InChI=1S/C11H10F3N3O4S/c12-11(13,14)8-3-1-6(5-15-8)22(20,21)17-7-2-4-9(18)16-10(7)19/h1,3,5,7,17H,2,4H2,(H,16,18,19). The van der Waals surface area contributed by atoms with Gasteiger partial charge in [0, 0.05) is 12.6 Å². The van der Waals surface area contributed by atoms with E-state index >= 15 is 0 Å². The maximum absolute atomic E-state index is 12.4. The van der Waals surface area contributed by atoms with Crippen molar-refractivity contribution < 1.29 is 31.2 Å². The van der Waals surface area contributed by atoms with Crippen molar-refractivity contribution >= 4 is 21.8 Å². The molecule has 2 amide bonds. The van der Waals surface area contributed by atoms with E-state index in [9.17, 15) is 31.2 Å². The number of amides is 2. The number of halogens is 3. The highest BCUT2D eigenvalue weighted by Gasteiger charge is 2.34. The highest BCUT2D eigenvalue weighted by molar-refractivity contribution is 7.89. The van der Waals surface area contributed by atoms with E-state index in [0.29, 0.717) is 12.3 Å². The van der Waals surface area contributed by atoms with Gasteiger partial charge in [0.2, 0.25) is 21.8 Å². The second-order valence-corrected chi connectivity index (χ2v) is 6.22. The lowest BCUT2D eigenvalue weighted by Gasteiger charge is -2.21. The Morgan fingerprint density at radius 1 is 1.27 bits per heavy atom. The predicted octanol–water partition coefficient (Wildman–Crippen LogP) is 0.184. The molecule has 1 aromatic rings. The van der Waals surface area contributed by atoms with Gasteiger partial charge >= 0.3 is 6.18 Å². The monoisotopic (exact) mass is 337 g/mol. The van der Waals surface area contributed by atoms with E-state index in [1.165, 1.54) is 0 Å². The summed E-state index contributed by atoms with van der Waals surface area (Å²) in [6, 6.07) is 0.105. The van der Waals surface area contributed by atoms with Crippen molar-refractivity contribution in [3.63, 3.8) is 0 Å². The minimum Gasteiger partial charge on any atom is -0.295 e. The molecule has 2 heterocycles. The Hall–Kier alpha value is -2.01. The van der Waals surface area contributed by atoms with E-state index in [4.69, 9.17) is 0 Å². The van der Waals surface area contributed by atoms with Gasteiger partial charge in [-0.3, -0.25) is 19.9 Å². The predicted molar refractivity (Wildman–Crippen MR) is 65.7 cm³/mol. The summed E-state index contributed by atoms with van der Waals surface area (Å²) in [5.41, 5.74) is -1.23. The first-order valence-electron chi connectivity index (χ1n) is 5.99. The maximum Gasteiger partial charge on any atom is 0.433 e. The van der Waals surface area contributed by atoms with Gasteiger partial charge in [-0.25, -0.2) is 8.42 Å². The molecule has 1 aliphatic rings. The number of aromatic nitrogens is 1. The highest BCUT2D eigenvalue weighted by atomic mass is 32.2. The van der Waals surface area contributed by atoms with E-state index in [1.807, 2.05) is 10.0 Å². The van der Waals surface area contributed by atoms with E-state index in [2.05, 4.69) is 4.98 Å². The van der Waals surface area contributed by atoms with Gasteiger partial charge < -0.3 is 0 Å². The first kappa shape index (κ1) is 16.4. The number of rotatable bonds is 3. The molecule has 0 bridgehead atoms. The van der Waals surface area contributed by atoms with Crippen LogP contribution >= 0.6 is 0 Å². The minimum atomic E-state index is -4.68. The first-order chi connectivity index (χ1) is 10.1. The van der Waals surface area contributed by atoms with Crippen molar-refractivity contribution in [2.75, 3.05) is 0 Å². The molecule has 1 fully saturated rings. The molecule has 1 aliphatic heterocycles. The fourth-order valence-corrected chi connectivity index (χ4v) is 2.94. The molecule has 0 aromatic carbocycles. The van der Waals surface area contributed by atoms with E-state index in [-0.39, 0.29) is 12.8 Å². The lowest BCUT2D eigenvalue weighted by molar-refractivity contribution is -0.141. The molecule has 7 nitrogen and oxygen atoms in total. The Labute approximate surface area is 123 Å². The molecule has 1 unspecified atom stereocenters. The van der Waals surface area contributed by atoms with Gasteiger partial charge in [0.15, 0.2) is 0 Å². The number of hydrogen-bond donors (Lipinski definition) is 2. The number of alkyl halides is 3. The topological polar surface area (TPSA) is 105 Å². The number of carbonyl (C=O) groups excluding carboxylic acids is 2. The van der Waals surface area contributed by atoms with Crippen LogP contribution in [-0.2, 0) is 25.8 Å². The lowest BCUT2D eigenvalue weighted by atomic mass is 10.1. The molecular formula is C11H10F3N3O4S. The van der Waals surface area contributed by atoms with Crippen molar-refractivity contribution in [3.05, 3.63) is 24.0 Å². The SMILES string of the molecule is O=C1CCC(NS(=O)(=O)c2ccc(C(F)(F)F)nc2)C(=O)N1. The fraction of sp³-hybridized carbons (Fsp3) is 0.364. The molecule has 0 radical (unpaired) electrons. The number of pyridine rings is 1. The van der Waals surface area contributed by atoms with Crippen molar-refractivity contribution in [2.24, 2.45) is 0 Å². The minimum absolute atomic E-state index is 0.0298. The summed E-state index contributed by atoms with van der Waals surface area (Å²) < 4.78 is 63.1. The molecule has 1 aromatic heterocycles. The molecule has 22 heavy (non-hydrogen) atoms. The van der Waals surface area contributed by atoms with Crippen LogP contribution < -0.4 is 10.0 Å².